The van der Waals surface area contributed by atoms with Crippen LogP contribution in [0.1, 0.15) is 6.42 Å². The number of nitrogens with one attached hydrogen (secondary N) is 1. The second-order valence-electron chi connectivity index (χ2n) is 2.87. The van der Waals surface area contributed by atoms with Crippen LogP contribution in [0.15, 0.2) is 0 Å². The second kappa shape index (κ2) is 7.12. The highest BCUT2D eigenvalue weighted by molar-refractivity contribution is 5.85. The number of carbonyl (C=O) groups is 1. The van der Waals surface area contributed by atoms with Gasteiger partial charge in [-0.05, 0) is 0 Å². The van der Waals surface area contributed by atoms with Gasteiger partial charge in [0.2, 0.25) is 5.91 Å². The van der Waals surface area contributed by atoms with Gasteiger partial charge in [-0.15, -0.1) is 12.4 Å². The van der Waals surface area contributed by atoms with Crippen molar-refractivity contribution in [3.05, 3.63) is 0 Å². The van der Waals surface area contributed by atoms with Crippen molar-refractivity contribution in [1.29, 1.82) is 0 Å². The number of hydrogen-bond acceptors (Lipinski definition) is 3. The Hall–Kier alpha value is -0.320. The Morgan fingerprint density at radius 2 is 2.31 bits per heavy atom. The molecule has 13 heavy (non-hydrogen) atoms. The van der Waals surface area contributed by atoms with Crippen LogP contribution in [0.2, 0.25) is 0 Å². The fourth-order valence-corrected chi connectivity index (χ4v) is 1.26. The van der Waals surface area contributed by atoms with Gasteiger partial charge in [0.1, 0.15) is 0 Å². The lowest BCUT2D eigenvalue weighted by atomic mass is 10.4. The summed E-state index contributed by atoms with van der Waals surface area (Å²) in [5.74, 6) is 0.233. The molecule has 1 aliphatic heterocycles. The van der Waals surface area contributed by atoms with Gasteiger partial charge in [0.05, 0.1) is 6.61 Å². The third kappa shape index (κ3) is 4.45. The Balaban J connectivity index is 0.00000144. The lowest BCUT2D eigenvalue weighted by Gasteiger charge is -2.19. The summed E-state index contributed by atoms with van der Waals surface area (Å²) in [5.41, 5.74) is 0. The van der Waals surface area contributed by atoms with Gasteiger partial charge in [0.15, 0.2) is 0 Å². The second-order valence-corrected chi connectivity index (χ2v) is 2.87. The lowest BCUT2D eigenvalue weighted by Crippen LogP contribution is -2.34. The van der Waals surface area contributed by atoms with E-state index in [4.69, 9.17) is 4.74 Å². The Morgan fingerprint density at radius 3 is 3.00 bits per heavy atom. The Labute approximate surface area is 85.0 Å². The minimum atomic E-state index is 0. The molecule has 1 heterocycles. The maximum absolute atomic E-state index is 11.4. The zero-order valence-electron chi connectivity index (χ0n) is 7.91. The SMILES string of the molecule is COCCN1CCNCCC1=O.Cl. The summed E-state index contributed by atoms with van der Waals surface area (Å²) in [6.07, 6.45) is 0.615. The molecule has 0 aromatic rings. The van der Waals surface area contributed by atoms with Crippen LogP contribution in [0, 0.1) is 0 Å². The molecule has 0 unspecified atom stereocenters. The lowest BCUT2D eigenvalue weighted by molar-refractivity contribution is -0.130. The van der Waals surface area contributed by atoms with Crippen LogP contribution >= 0.6 is 12.4 Å². The van der Waals surface area contributed by atoms with Gasteiger partial charge in [-0.25, -0.2) is 0 Å². The van der Waals surface area contributed by atoms with E-state index in [1.54, 1.807) is 7.11 Å². The highest BCUT2D eigenvalue weighted by atomic mass is 35.5. The van der Waals surface area contributed by atoms with Crippen LogP contribution in [-0.2, 0) is 9.53 Å². The Morgan fingerprint density at radius 1 is 1.54 bits per heavy atom. The summed E-state index contributed by atoms with van der Waals surface area (Å²) in [4.78, 5) is 13.2. The van der Waals surface area contributed by atoms with E-state index >= 15 is 0 Å². The highest BCUT2D eigenvalue weighted by Crippen LogP contribution is 1.96. The summed E-state index contributed by atoms with van der Waals surface area (Å²) in [6, 6.07) is 0. The molecule has 0 aliphatic carbocycles. The van der Waals surface area contributed by atoms with Crippen LogP contribution < -0.4 is 5.32 Å². The maximum Gasteiger partial charge on any atom is 0.223 e. The normalized spacial score (nSPS) is 17.9. The third-order valence-electron chi connectivity index (χ3n) is 1.99. The van der Waals surface area contributed by atoms with E-state index in [0.29, 0.717) is 13.0 Å². The van der Waals surface area contributed by atoms with Crippen LogP contribution in [0.4, 0.5) is 0 Å². The average Bonchev–Trinajstić information content (AvgIpc) is 2.27. The molecule has 1 N–H and O–H groups in total. The van der Waals surface area contributed by atoms with E-state index in [-0.39, 0.29) is 18.3 Å². The molecular formula is C8H17ClN2O2. The van der Waals surface area contributed by atoms with Crippen LogP contribution in [-0.4, -0.2) is 50.7 Å². The third-order valence-corrected chi connectivity index (χ3v) is 1.99. The highest BCUT2D eigenvalue weighted by Gasteiger charge is 2.14. The first kappa shape index (κ1) is 12.7. The van der Waals surface area contributed by atoms with E-state index in [1.165, 1.54) is 0 Å². The predicted molar refractivity (Wildman–Crippen MR) is 53.2 cm³/mol. The van der Waals surface area contributed by atoms with E-state index in [1.807, 2.05) is 4.90 Å². The molecule has 4 nitrogen and oxygen atoms in total. The topological polar surface area (TPSA) is 41.6 Å². The molecule has 5 heteroatoms. The van der Waals surface area contributed by atoms with Crippen molar-refractivity contribution in [1.82, 2.24) is 10.2 Å². The maximum atomic E-state index is 11.4. The summed E-state index contributed by atoms with van der Waals surface area (Å²) in [6.45, 7) is 3.86. The Bertz CT molecular complexity index is 155. The quantitative estimate of drug-likeness (QED) is 0.703. The van der Waals surface area contributed by atoms with Crippen molar-refractivity contribution in [2.45, 2.75) is 6.42 Å². The summed E-state index contributed by atoms with van der Waals surface area (Å²) in [5, 5.41) is 3.18. The number of carbonyl (C=O) groups excluding carboxylic acids is 1. The van der Waals surface area contributed by atoms with Gasteiger partial charge in [-0.1, -0.05) is 0 Å². The summed E-state index contributed by atoms with van der Waals surface area (Å²) in [7, 11) is 1.65. The smallest absolute Gasteiger partial charge is 0.223 e. The predicted octanol–water partition coefficient (Wildman–Crippen LogP) is -0.124. The molecule has 1 aliphatic rings. The van der Waals surface area contributed by atoms with Gasteiger partial charge in [0, 0.05) is 39.7 Å². The number of nitrogens with zero attached hydrogens (tertiary/aromatic N) is 1. The first-order chi connectivity index (χ1) is 5.84. The minimum absolute atomic E-state index is 0. The molecule has 78 valence electrons. The number of ether oxygens (including phenoxy) is 1. The van der Waals surface area contributed by atoms with Crippen molar-refractivity contribution < 1.29 is 9.53 Å². The van der Waals surface area contributed by atoms with E-state index < -0.39 is 0 Å². The number of methoxy groups -OCH3 is 1. The van der Waals surface area contributed by atoms with E-state index in [2.05, 4.69) is 5.32 Å². The standard InChI is InChI=1S/C8H16N2O2.ClH/c1-12-7-6-10-5-4-9-3-2-8(10)11;/h9H,2-7H2,1H3;1H. The molecule has 0 aromatic heterocycles. The molecule has 0 aromatic carbocycles. The monoisotopic (exact) mass is 208 g/mol. The molecule has 0 atom stereocenters. The zero-order valence-corrected chi connectivity index (χ0v) is 8.73. The summed E-state index contributed by atoms with van der Waals surface area (Å²) >= 11 is 0. The van der Waals surface area contributed by atoms with Gasteiger partial charge in [0.25, 0.3) is 0 Å². The largest absolute Gasteiger partial charge is 0.383 e. The van der Waals surface area contributed by atoms with Crippen molar-refractivity contribution in [2.75, 3.05) is 39.9 Å². The van der Waals surface area contributed by atoms with Crippen LogP contribution in [0.3, 0.4) is 0 Å². The molecule has 1 fully saturated rings. The molecule has 0 bridgehead atoms. The Kier molecular flexibility index (Phi) is 6.94. The van der Waals surface area contributed by atoms with Gasteiger partial charge in [-0.2, -0.15) is 0 Å². The average molecular weight is 209 g/mol. The minimum Gasteiger partial charge on any atom is -0.383 e. The molecular weight excluding hydrogens is 192 g/mol. The van der Waals surface area contributed by atoms with Gasteiger partial charge in [-0.3, -0.25) is 4.79 Å². The van der Waals surface area contributed by atoms with Crippen molar-refractivity contribution in [3.63, 3.8) is 0 Å². The van der Waals surface area contributed by atoms with Crippen LogP contribution in [0.5, 0.6) is 0 Å². The fourth-order valence-electron chi connectivity index (χ4n) is 1.26. The van der Waals surface area contributed by atoms with Crippen molar-refractivity contribution >= 4 is 18.3 Å². The first-order valence-electron chi connectivity index (χ1n) is 4.32. The number of halogens is 1. The van der Waals surface area contributed by atoms with Crippen LogP contribution in [0.25, 0.3) is 0 Å². The van der Waals surface area contributed by atoms with Crippen molar-refractivity contribution in [3.8, 4) is 0 Å². The number of rotatable bonds is 3. The molecule has 1 amide bonds. The van der Waals surface area contributed by atoms with Crippen molar-refractivity contribution in [2.24, 2.45) is 0 Å². The molecule has 0 radical (unpaired) electrons. The molecule has 0 spiro atoms. The molecule has 0 saturated carbocycles. The molecule has 1 saturated heterocycles. The summed E-state index contributed by atoms with van der Waals surface area (Å²) < 4.78 is 4.92. The van der Waals surface area contributed by atoms with E-state index in [0.717, 1.165) is 26.2 Å². The number of hydrogen-bond donors (Lipinski definition) is 1. The van der Waals surface area contributed by atoms with Gasteiger partial charge >= 0.3 is 0 Å². The fraction of sp³-hybridized carbons (Fsp3) is 0.875. The molecule has 1 rings (SSSR count). The van der Waals surface area contributed by atoms with Gasteiger partial charge < -0.3 is 15.0 Å². The zero-order chi connectivity index (χ0) is 8.81. The first-order valence-corrected chi connectivity index (χ1v) is 4.32. The number of amides is 1. The van der Waals surface area contributed by atoms with E-state index in [9.17, 15) is 4.79 Å².